The Hall–Kier alpha value is -4.33. The average molecular weight is 548 g/mol. The van der Waals surface area contributed by atoms with Crippen molar-refractivity contribution in [1.29, 1.82) is 0 Å². The number of ether oxygens (including phenoxy) is 6. The topological polar surface area (TPSA) is 75.7 Å². The first-order chi connectivity index (χ1) is 19.5. The number of rotatable bonds is 11. The van der Waals surface area contributed by atoms with Crippen molar-refractivity contribution < 1.29 is 33.2 Å². The fourth-order valence-corrected chi connectivity index (χ4v) is 4.93. The Morgan fingerprint density at radius 3 is 2.05 bits per heavy atom. The third-order valence-corrected chi connectivity index (χ3v) is 7.13. The number of methoxy groups -OCH3 is 5. The van der Waals surface area contributed by atoms with Gasteiger partial charge in [-0.05, 0) is 77.6 Å². The second-order valence-corrected chi connectivity index (χ2v) is 9.30. The summed E-state index contributed by atoms with van der Waals surface area (Å²) in [5.41, 5.74) is 4.06. The number of carbonyl (C=O) groups excluding carboxylic acids is 1. The number of nitrogens with zero attached hydrogens (tertiary/aromatic N) is 1. The third-order valence-electron chi connectivity index (χ3n) is 7.13. The minimum atomic E-state index is -0.327. The summed E-state index contributed by atoms with van der Waals surface area (Å²) in [6.07, 6.45) is 4.95. The summed E-state index contributed by atoms with van der Waals surface area (Å²) in [6, 6.07) is 15.3. The van der Waals surface area contributed by atoms with Gasteiger partial charge in [-0.3, -0.25) is 4.79 Å². The second-order valence-electron chi connectivity index (χ2n) is 9.30. The van der Waals surface area contributed by atoms with Crippen LogP contribution in [0.3, 0.4) is 0 Å². The lowest BCUT2D eigenvalue weighted by Crippen LogP contribution is -2.41. The highest BCUT2D eigenvalue weighted by molar-refractivity contribution is 5.92. The van der Waals surface area contributed by atoms with Crippen LogP contribution in [0.2, 0.25) is 0 Å². The number of carbonyl (C=O) groups is 1. The first-order valence-electron chi connectivity index (χ1n) is 13.2. The minimum absolute atomic E-state index is 0.135. The molecule has 0 N–H and O–H groups in total. The standard InChI is InChI=1S/C32H37NO7/c1-7-21-8-11-24(12-9-21)40-20-26-25-19-28(36-3)27(35-2)18-23(25)14-15-33(26)31(34)13-10-22-16-29(37-4)32(39-6)30(17-22)38-5/h8-13,16-19,26H,7,14-15,20H2,1-6H3/b13-10+. The summed E-state index contributed by atoms with van der Waals surface area (Å²) in [5, 5.41) is 0. The molecule has 4 rings (SSSR count). The van der Waals surface area contributed by atoms with Gasteiger partial charge in [0, 0.05) is 12.6 Å². The molecular weight excluding hydrogens is 510 g/mol. The molecule has 1 atom stereocenters. The summed E-state index contributed by atoms with van der Waals surface area (Å²) < 4.78 is 33.7. The van der Waals surface area contributed by atoms with E-state index < -0.39 is 0 Å². The van der Waals surface area contributed by atoms with Gasteiger partial charge in [-0.2, -0.15) is 0 Å². The zero-order valence-corrected chi connectivity index (χ0v) is 24.0. The van der Waals surface area contributed by atoms with Crippen LogP contribution in [0.15, 0.2) is 54.6 Å². The molecule has 8 heteroatoms. The molecular formula is C32H37NO7. The van der Waals surface area contributed by atoms with E-state index in [1.165, 1.54) is 5.56 Å². The van der Waals surface area contributed by atoms with Crippen LogP contribution >= 0.6 is 0 Å². The molecule has 1 aliphatic heterocycles. The molecule has 0 bridgehead atoms. The van der Waals surface area contributed by atoms with E-state index in [1.54, 1.807) is 59.8 Å². The summed E-state index contributed by atoms with van der Waals surface area (Å²) in [4.78, 5) is 15.5. The predicted molar refractivity (Wildman–Crippen MR) is 154 cm³/mol. The molecule has 0 aliphatic carbocycles. The molecule has 1 amide bonds. The van der Waals surface area contributed by atoms with E-state index in [1.807, 2.05) is 29.2 Å². The van der Waals surface area contributed by atoms with Gasteiger partial charge in [-0.15, -0.1) is 0 Å². The quantitative estimate of drug-likeness (QED) is 0.293. The van der Waals surface area contributed by atoms with Gasteiger partial charge in [0.1, 0.15) is 12.4 Å². The SMILES string of the molecule is CCc1ccc(OCC2c3cc(OC)c(OC)cc3CCN2C(=O)/C=C/c2cc(OC)c(OC)c(OC)c2)cc1. The Bertz CT molecular complexity index is 1330. The largest absolute Gasteiger partial charge is 0.493 e. The van der Waals surface area contributed by atoms with Crippen molar-refractivity contribution >= 4 is 12.0 Å². The van der Waals surface area contributed by atoms with Gasteiger partial charge in [0.25, 0.3) is 0 Å². The van der Waals surface area contributed by atoms with Gasteiger partial charge in [0.05, 0.1) is 41.6 Å². The summed E-state index contributed by atoms with van der Waals surface area (Å²) in [6.45, 7) is 2.94. The van der Waals surface area contributed by atoms with Crippen molar-refractivity contribution in [3.05, 3.63) is 76.9 Å². The maximum absolute atomic E-state index is 13.6. The van der Waals surface area contributed by atoms with Crippen LogP contribution in [0.5, 0.6) is 34.5 Å². The smallest absolute Gasteiger partial charge is 0.247 e. The van der Waals surface area contributed by atoms with Crippen molar-refractivity contribution in [2.75, 3.05) is 48.7 Å². The van der Waals surface area contributed by atoms with E-state index in [0.717, 1.165) is 28.9 Å². The van der Waals surface area contributed by atoms with Crippen LogP contribution in [0.25, 0.3) is 6.08 Å². The molecule has 0 saturated heterocycles. The summed E-state index contributed by atoms with van der Waals surface area (Å²) in [7, 11) is 7.91. The monoisotopic (exact) mass is 547 g/mol. The lowest BCUT2D eigenvalue weighted by atomic mass is 9.92. The molecule has 3 aromatic rings. The van der Waals surface area contributed by atoms with Gasteiger partial charge >= 0.3 is 0 Å². The molecule has 40 heavy (non-hydrogen) atoms. The van der Waals surface area contributed by atoms with E-state index in [0.29, 0.717) is 41.7 Å². The molecule has 0 spiro atoms. The molecule has 0 saturated carbocycles. The summed E-state index contributed by atoms with van der Waals surface area (Å²) >= 11 is 0. The van der Waals surface area contributed by atoms with Crippen molar-refractivity contribution in [3.63, 3.8) is 0 Å². The zero-order chi connectivity index (χ0) is 28.6. The van der Waals surface area contributed by atoms with Crippen LogP contribution in [0.1, 0.15) is 35.2 Å². The number of fused-ring (bicyclic) bond motifs is 1. The highest BCUT2D eigenvalue weighted by Crippen LogP contribution is 2.40. The number of hydrogen-bond acceptors (Lipinski definition) is 7. The van der Waals surface area contributed by atoms with Crippen molar-refractivity contribution in [3.8, 4) is 34.5 Å². The van der Waals surface area contributed by atoms with Crippen LogP contribution in [-0.4, -0.2) is 59.5 Å². The van der Waals surface area contributed by atoms with Gasteiger partial charge in [0.15, 0.2) is 23.0 Å². The lowest BCUT2D eigenvalue weighted by Gasteiger charge is -2.37. The van der Waals surface area contributed by atoms with Gasteiger partial charge in [0.2, 0.25) is 11.7 Å². The highest BCUT2D eigenvalue weighted by Gasteiger charge is 2.32. The average Bonchev–Trinajstić information content (AvgIpc) is 3.01. The third kappa shape index (κ3) is 6.11. The highest BCUT2D eigenvalue weighted by atomic mass is 16.5. The second kappa shape index (κ2) is 13.2. The van der Waals surface area contributed by atoms with Gasteiger partial charge in [-0.1, -0.05) is 19.1 Å². The number of hydrogen-bond donors (Lipinski definition) is 0. The maximum atomic E-state index is 13.6. The van der Waals surface area contributed by atoms with E-state index in [9.17, 15) is 4.79 Å². The molecule has 0 radical (unpaired) electrons. The first kappa shape index (κ1) is 28.7. The lowest BCUT2D eigenvalue weighted by molar-refractivity contribution is -0.129. The van der Waals surface area contributed by atoms with E-state index in [-0.39, 0.29) is 18.6 Å². The fraction of sp³-hybridized carbons (Fsp3) is 0.344. The molecule has 0 fully saturated rings. The van der Waals surface area contributed by atoms with E-state index in [4.69, 9.17) is 28.4 Å². The van der Waals surface area contributed by atoms with Crippen molar-refractivity contribution in [2.45, 2.75) is 25.8 Å². The number of aryl methyl sites for hydroxylation is 1. The van der Waals surface area contributed by atoms with Gasteiger partial charge < -0.3 is 33.3 Å². The molecule has 8 nitrogen and oxygen atoms in total. The Morgan fingerprint density at radius 1 is 0.850 bits per heavy atom. The first-order valence-corrected chi connectivity index (χ1v) is 13.2. The maximum Gasteiger partial charge on any atom is 0.247 e. The fourth-order valence-electron chi connectivity index (χ4n) is 4.93. The van der Waals surface area contributed by atoms with E-state index >= 15 is 0 Å². The molecule has 1 unspecified atom stereocenters. The molecule has 1 aliphatic rings. The summed E-state index contributed by atoms with van der Waals surface area (Å²) in [5.74, 6) is 3.42. The van der Waals surface area contributed by atoms with Gasteiger partial charge in [-0.25, -0.2) is 0 Å². The van der Waals surface area contributed by atoms with Crippen LogP contribution < -0.4 is 28.4 Å². The van der Waals surface area contributed by atoms with Crippen molar-refractivity contribution in [2.24, 2.45) is 0 Å². The van der Waals surface area contributed by atoms with Crippen LogP contribution in [0, 0.1) is 0 Å². The molecule has 3 aromatic carbocycles. The minimum Gasteiger partial charge on any atom is -0.493 e. The van der Waals surface area contributed by atoms with E-state index in [2.05, 4.69) is 19.1 Å². The Kier molecular flexibility index (Phi) is 9.43. The van der Waals surface area contributed by atoms with Crippen LogP contribution in [-0.2, 0) is 17.6 Å². The van der Waals surface area contributed by atoms with Crippen molar-refractivity contribution in [1.82, 2.24) is 4.90 Å². The molecule has 1 heterocycles. The Labute approximate surface area is 236 Å². The molecule has 0 aromatic heterocycles. The molecule has 212 valence electrons. The number of amides is 1. The van der Waals surface area contributed by atoms with Crippen LogP contribution in [0.4, 0.5) is 0 Å². The normalized spacial score (nSPS) is 14.4. The number of benzene rings is 3. The zero-order valence-electron chi connectivity index (χ0n) is 24.0. The Balaban J connectivity index is 1.64. The Morgan fingerprint density at radius 2 is 1.48 bits per heavy atom. The predicted octanol–water partition coefficient (Wildman–Crippen LogP) is 5.51.